The molecule has 0 spiro atoms. The van der Waals surface area contributed by atoms with Crippen molar-refractivity contribution in [3.05, 3.63) is 30.1 Å². The Morgan fingerprint density at radius 3 is 3.06 bits per heavy atom. The first-order valence-electron chi connectivity index (χ1n) is 6.12. The summed E-state index contributed by atoms with van der Waals surface area (Å²) in [5, 5.41) is 0. The van der Waals surface area contributed by atoms with E-state index >= 15 is 0 Å². The lowest BCUT2D eigenvalue weighted by molar-refractivity contribution is -0.147. The van der Waals surface area contributed by atoms with Crippen molar-refractivity contribution in [3.8, 4) is 0 Å². The van der Waals surface area contributed by atoms with Crippen LogP contribution in [0.3, 0.4) is 0 Å². The van der Waals surface area contributed by atoms with E-state index in [0.717, 1.165) is 18.8 Å². The number of hydrogen-bond acceptors (Lipinski definition) is 4. The normalized spacial score (nSPS) is 20.7. The number of pyridine rings is 1. The highest BCUT2D eigenvalue weighted by molar-refractivity contribution is 5.80. The van der Waals surface area contributed by atoms with Gasteiger partial charge in [-0.2, -0.15) is 0 Å². The smallest absolute Gasteiger partial charge is 0.252 e. The van der Waals surface area contributed by atoms with E-state index in [1.807, 2.05) is 18.2 Å². The van der Waals surface area contributed by atoms with E-state index in [1.54, 1.807) is 25.2 Å². The number of morpholine rings is 1. The summed E-state index contributed by atoms with van der Waals surface area (Å²) < 4.78 is 5.52. The molecule has 5 heteroatoms. The molecule has 1 aliphatic heterocycles. The van der Waals surface area contributed by atoms with Crippen LogP contribution in [0.5, 0.6) is 0 Å². The molecule has 1 aromatic rings. The third-order valence-corrected chi connectivity index (χ3v) is 2.98. The summed E-state index contributed by atoms with van der Waals surface area (Å²) in [5.41, 5.74) is 1.02. The van der Waals surface area contributed by atoms with Crippen molar-refractivity contribution in [3.63, 3.8) is 0 Å². The van der Waals surface area contributed by atoms with Crippen molar-refractivity contribution in [2.24, 2.45) is 0 Å². The number of hydrogen-bond donors (Lipinski definition) is 0. The number of carbonyl (C=O) groups is 1. The monoisotopic (exact) mass is 249 g/mol. The molecule has 98 valence electrons. The minimum atomic E-state index is -0.350. The van der Waals surface area contributed by atoms with Gasteiger partial charge in [0.15, 0.2) is 0 Å². The van der Waals surface area contributed by atoms with Gasteiger partial charge < -0.3 is 9.64 Å². The van der Waals surface area contributed by atoms with E-state index in [9.17, 15) is 4.79 Å². The summed E-state index contributed by atoms with van der Waals surface area (Å²) in [7, 11) is 3.51. The Bertz CT molecular complexity index is 394. The molecule has 0 radical (unpaired) electrons. The molecule has 0 saturated carbocycles. The Balaban J connectivity index is 1.93. The van der Waals surface area contributed by atoms with E-state index in [1.165, 1.54) is 0 Å². The number of likely N-dealkylation sites (N-methyl/N-ethyl adjacent to an activating group) is 1. The highest BCUT2D eigenvalue weighted by Gasteiger charge is 2.27. The first-order chi connectivity index (χ1) is 8.66. The van der Waals surface area contributed by atoms with Crippen molar-refractivity contribution in [2.45, 2.75) is 12.6 Å². The van der Waals surface area contributed by atoms with Gasteiger partial charge in [0.1, 0.15) is 6.10 Å². The molecule has 0 aromatic carbocycles. The second-order valence-corrected chi connectivity index (χ2v) is 4.65. The van der Waals surface area contributed by atoms with Crippen LogP contribution < -0.4 is 0 Å². The van der Waals surface area contributed by atoms with Gasteiger partial charge >= 0.3 is 0 Å². The molecule has 0 bridgehead atoms. The summed E-state index contributed by atoms with van der Waals surface area (Å²) in [6, 6.07) is 5.88. The molecule has 1 saturated heterocycles. The van der Waals surface area contributed by atoms with Gasteiger partial charge in [-0.1, -0.05) is 6.07 Å². The molecule has 1 fully saturated rings. The molecule has 2 rings (SSSR count). The predicted molar refractivity (Wildman–Crippen MR) is 67.9 cm³/mol. The molecule has 2 heterocycles. The summed E-state index contributed by atoms with van der Waals surface area (Å²) in [6.45, 7) is 2.83. The van der Waals surface area contributed by atoms with Crippen LogP contribution >= 0.6 is 0 Å². The molecule has 0 N–H and O–H groups in total. The molecule has 18 heavy (non-hydrogen) atoms. The zero-order valence-electron chi connectivity index (χ0n) is 10.9. The SMILES string of the molecule is CN(C)C(=O)C1CN(Cc2ccccn2)CCO1. The lowest BCUT2D eigenvalue weighted by Crippen LogP contribution is -2.49. The summed E-state index contributed by atoms with van der Waals surface area (Å²) in [6.07, 6.45) is 1.44. The van der Waals surface area contributed by atoms with E-state index < -0.39 is 0 Å². The second kappa shape index (κ2) is 5.93. The third kappa shape index (κ3) is 3.27. The van der Waals surface area contributed by atoms with Crippen molar-refractivity contribution in [2.75, 3.05) is 33.8 Å². The molecule has 1 aromatic heterocycles. The Morgan fingerprint density at radius 1 is 1.56 bits per heavy atom. The predicted octanol–water partition coefficient (Wildman–Crippen LogP) is 0.371. The highest BCUT2D eigenvalue weighted by atomic mass is 16.5. The molecule has 1 aliphatic rings. The van der Waals surface area contributed by atoms with Crippen LogP contribution in [0.25, 0.3) is 0 Å². The van der Waals surface area contributed by atoms with Gasteiger partial charge in [-0.05, 0) is 12.1 Å². The molecular formula is C13H19N3O2. The first kappa shape index (κ1) is 13.0. The van der Waals surface area contributed by atoms with Gasteiger partial charge in [-0.3, -0.25) is 14.7 Å². The lowest BCUT2D eigenvalue weighted by Gasteiger charge is -2.33. The maximum atomic E-state index is 11.9. The Morgan fingerprint density at radius 2 is 2.39 bits per heavy atom. The lowest BCUT2D eigenvalue weighted by atomic mass is 10.2. The number of rotatable bonds is 3. The summed E-state index contributed by atoms with van der Waals surface area (Å²) in [5.74, 6) is 0.0284. The average molecular weight is 249 g/mol. The van der Waals surface area contributed by atoms with Crippen LogP contribution in [-0.4, -0.2) is 60.6 Å². The summed E-state index contributed by atoms with van der Waals surface area (Å²) in [4.78, 5) is 19.9. The zero-order valence-corrected chi connectivity index (χ0v) is 10.9. The number of amides is 1. The fourth-order valence-corrected chi connectivity index (χ4v) is 2.00. The maximum absolute atomic E-state index is 11.9. The van der Waals surface area contributed by atoms with Crippen LogP contribution in [0.4, 0.5) is 0 Å². The minimum Gasteiger partial charge on any atom is -0.366 e. The maximum Gasteiger partial charge on any atom is 0.252 e. The largest absolute Gasteiger partial charge is 0.366 e. The van der Waals surface area contributed by atoms with E-state index in [-0.39, 0.29) is 12.0 Å². The van der Waals surface area contributed by atoms with Crippen molar-refractivity contribution in [1.29, 1.82) is 0 Å². The van der Waals surface area contributed by atoms with Gasteiger partial charge in [0.2, 0.25) is 0 Å². The fraction of sp³-hybridized carbons (Fsp3) is 0.538. The van der Waals surface area contributed by atoms with Crippen LogP contribution in [0, 0.1) is 0 Å². The van der Waals surface area contributed by atoms with Gasteiger partial charge in [0.05, 0.1) is 12.3 Å². The zero-order chi connectivity index (χ0) is 13.0. The van der Waals surface area contributed by atoms with Crippen molar-refractivity contribution in [1.82, 2.24) is 14.8 Å². The number of ether oxygens (including phenoxy) is 1. The number of carbonyl (C=O) groups excluding carboxylic acids is 1. The van der Waals surface area contributed by atoms with Gasteiger partial charge in [-0.15, -0.1) is 0 Å². The van der Waals surface area contributed by atoms with E-state index in [2.05, 4.69) is 9.88 Å². The molecule has 0 aliphatic carbocycles. The van der Waals surface area contributed by atoms with Gasteiger partial charge in [0.25, 0.3) is 5.91 Å². The van der Waals surface area contributed by atoms with Gasteiger partial charge in [0, 0.05) is 39.9 Å². The molecular weight excluding hydrogens is 230 g/mol. The van der Waals surface area contributed by atoms with Crippen LogP contribution in [0.15, 0.2) is 24.4 Å². The highest BCUT2D eigenvalue weighted by Crippen LogP contribution is 2.10. The number of nitrogens with zero attached hydrogens (tertiary/aromatic N) is 3. The first-order valence-corrected chi connectivity index (χ1v) is 6.12. The quantitative estimate of drug-likeness (QED) is 0.776. The summed E-state index contributed by atoms with van der Waals surface area (Å²) >= 11 is 0. The topological polar surface area (TPSA) is 45.7 Å². The Kier molecular flexibility index (Phi) is 4.28. The Hall–Kier alpha value is -1.46. The average Bonchev–Trinajstić information content (AvgIpc) is 2.39. The van der Waals surface area contributed by atoms with Crippen LogP contribution in [-0.2, 0) is 16.1 Å². The minimum absolute atomic E-state index is 0.0284. The molecule has 1 unspecified atom stereocenters. The Labute approximate surface area is 107 Å². The number of aromatic nitrogens is 1. The fourth-order valence-electron chi connectivity index (χ4n) is 2.00. The second-order valence-electron chi connectivity index (χ2n) is 4.65. The third-order valence-electron chi connectivity index (χ3n) is 2.98. The van der Waals surface area contributed by atoms with Crippen molar-refractivity contribution >= 4 is 5.91 Å². The molecule has 1 amide bonds. The van der Waals surface area contributed by atoms with Crippen LogP contribution in [0.1, 0.15) is 5.69 Å². The molecule has 1 atom stereocenters. The van der Waals surface area contributed by atoms with Crippen molar-refractivity contribution < 1.29 is 9.53 Å². The van der Waals surface area contributed by atoms with Gasteiger partial charge in [-0.25, -0.2) is 0 Å². The standard InChI is InChI=1S/C13H19N3O2/c1-15(2)13(17)12-10-16(7-8-18-12)9-11-5-3-4-6-14-11/h3-6,12H,7-10H2,1-2H3. The van der Waals surface area contributed by atoms with Crippen LogP contribution in [0.2, 0.25) is 0 Å². The van der Waals surface area contributed by atoms with E-state index in [0.29, 0.717) is 13.2 Å². The molecule has 5 nitrogen and oxygen atoms in total. The van der Waals surface area contributed by atoms with E-state index in [4.69, 9.17) is 4.74 Å².